The van der Waals surface area contributed by atoms with Gasteiger partial charge >= 0.3 is 11.9 Å². The molecule has 0 aromatic carbocycles. The molecule has 10 N–H and O–H groups in total. The van der Waals surface area contributed by atoms with Crippen LogP contribution < -0.4 is 27.4 Å². The predicted octanol–water partition coefficient (Wildman–Crippen LogP) is -4.78. The normalized spacial score (nSPS) is 14.7. The zero-order chi connectivity index (χ0) is 22.0. The lowest BCUT2D eigenvalue weighted by Gasteiger charge is -2.22. The van der Waals surface area contributed by atoms with Crippen molar-refractivity contribution < 1.29 is 44.1 Å². The predicted molar refractivity (Wildman–Crippen MR) is 90.2 cm³/mol. The Morgan fingerprint density at radius 3 is 1.82 bits per heavy atom. The summed E-state index contributed by atoms with van der Waals surface area (Å²) in [5, 5.41) is 32.6. The van der Waals surface area contributed by atoms with Crippen molar-refractivity contribution in [2.45, 2.75) is 43.9 Å². The van der Waals surface area contributed by atoms with Crippen LogP contribution in [-0.4, -0.2) is 81.7 Å². The van der Waals surface area contributed by atoms with Crippen molar-refractivity contribution in [3.63, 3.8) is 0 Å². The van der Waals surface area contributed by atoms with E-state index in [0.717, 1.165) is 0 Å². The molecule has 0 aliphatic heterocycles. The summed E-state index contributed by atoms with van der Waals surface area (Å²) in [4.78, 5) is 68.4. The molecule has 0 aromatic rings. The number of carbonyl (C=O) groups excluding carboxylic acids is 4. The number of amides is 4. The molecule has 0 radical (unpaired) electrons. The van der Waals surface area contributed by atoms with Gasteiger partial charge in [-0.3, -0.25) is 24.0 Å². The van der Waals surface area contributed by atoms with Crippen LogP contribution in [0, 0.1) is 0 Å². The number of aliphatic carboxylic acids is 2. The summed E-state index contributed by atoms with van der Waals surface area (Å²) in [5.74, 6) is -6.89. The first kappa shape index (κ1) is 24.7. The third-order valence-corrected chi connectivity index (χ3v) is 3.32. The van der Waals surface area contributed by atoms with Crippen LogP contribution in [0.15, 0.2) is 0 Å². The van der Waals surface area contributed by atoms with Crippen molar-refractivity contribution in [1.29, 1.82) is 0 Å². The third-order valence-electron chi connectivity index (χ3n) is 3.32. The highest BCUT2D eigenvalue weighted by molar-refractivity contribution is 5.96. The number of rotatable bonds is 12. The number of hydrogen-bond donors (Lipinski definition) is 8. The van der Waals surface area contributed by atoms with Crippen LogP contribution in [0.5, 0.6) is 0 Å². The lowest BCUT2D eigenvalue weighted by molar-refractivity contribution is -0.144. The van der Waals surface area contributed by atoms with Crippen molar-refractivity contribution in [2.75, 3.05) is 6.61 Å². The highest BCUT2D eigenvalue weighted by Gasteiger charge is 2.29. The number of aliphatic hydroxyl groups is 1. The second-order valence-corrected chi connectivity index (χ2v) is 5.75. The van der Waals surface area contributed by atoms with Gasteiger partial charge in [-0.1, -0.05) is 0 Å². The number of nitrogens with one attached hydrogen (secondary N) is 3. The van der Waals surface area contributed by atoms with Crippen molar-refractivity contribution in [2.24, 2.45) is 11.5 Å². The van der Waals surface area contributed by atoms with Gasteiger partial charge in [0.2, 0.25) is 23.6 Å². The van der Waals surface area contributed by atoms with Gasteiger partial charge in [-0.15, -0.1) is 0 Å². The first-order valence-electron chi connectivity index (χ1n) is 7.89. The average Bonchev–Trinajstić information content (AvgIpc) is 2.57. The van der Waals surface area contributed by atoms with Gasteiger partial charge in [0.15, 0.2) is 0 Å². The molecular weight excluding hydrogens is 382 g/mol. The van der Waals surface area contributed by atoms with Gasteiger partial charge in [0, 0.05) is 0 Å². The zero-order valence-corrected chi connectivity index (χ0v) is 14.9. The third kappa shape index (κ3) is 8.91. The second kappa shape index (κ2) is 11.5. The van der Waals surface area contributed by atoms with Gasteiger partial charge in [-0.2, -0.15) is 0 Å². The van der Waals surface area contributed by atoms with E-state index in [4.69, 9.17) is 26.8 Å². The Bertz CT molecular complexity index is 639. The number of primary amides is 1. The van der Waals surface area contributed by atoms with Gasteiger partial charge in [0.25, 0.3) is 0 Å². The summed E-state index contributed by atoms with van der Waals surface area (Å²) in [6.45, 7) is 0.277. The maximum atomic E-state index is 12.2. The number of carbonyl (C=O) groups is 6. The van der Waals surface area contributed by atoms with E-state index in [1.807, 2.05) is 10.6 Å². The Morgan fingerprint density at radius 2 is 1.39 bits per heavy atom. The molecule has 14 heteroatoms. The van der Waals surface area contributed by atoms with E-state index in [2.05, 4.69) is 5.32 Å². The van der Waals surface area contributed by atoms with Gasteiger partial charge < -0.3 is 42.7 Å². The Labute approximate surface area is 158 Å². The topological polar surface area (TPSA) is 251 Å². The minimum atomic E-state index is -1.63. The minimum Gasteiger partial charge on any atom is -0.481 e. The fourth-order valence-electron chi connectivity index (χ4n) is 1.83. The largest absolute Gasteiger partial charge is 0.481 e. The summed E-state index contributed by atoms with van der Waals surface area (Å²) >= 11 is 0. The molecule has 14 nitrogen and oxygen atoms in total. The lowest BCUT2D eigenvalue weighted by Crippen LogP contribution is -2.57. The summed E-state index contributed by atoms with van der Waals surface area (Å²) in [7, 11) is 0. The molecule has 0 rings (SSSR count). The van der Waals surface area contributed by atoms with Crippen molar-refractivity contribution in [3.05, 3.63) is 0 Å². The highest BCUT2D eigenvalue weighted by Crippen LogP contribution is 1.98. The highest BCUT2D eigenvalue weighted by atomic mass is 16.4. The van der Waals surface area contributed by atoms with Crippen LogP contribution in [0.2, 0.25) is 0 Å². The fraction of sp³-hybridized carbons (Fsp3) is 0.571. The van der Waals surface area contributed by atoms with Crippen LogP contribution in [0.1, 0.15) is 19.8 Å². The van der Waals surface area contributed by atoms with Gasteiger partial charge in [0.05, 0.1) is 25.5 Å². The minimum absolute atomic E-state index is 0.538. The molecule has 4 unspecified atom stereocenters. The molecule has 0 heterocycles. The first-order valence-corrected chi connectivity index (χ1v) is 7.89. The van der Waals surface area contributed by atoms with Gasteiger partial charge in [0.1, 0.15) is 18.1 Å². The van der Waals surface area contributed by atoms with E-state index >= 15 is 0 Å². The Morgan fingerprint density at radius 1 is 0.857 bits per heavy atom. The van der Waals surface area contributed by atoms with Gasteiger partial charge in [-0.05, 0) is 6.92 Å². The first-order chi connectivity index (χ1) is 12.9. The molecule has 28 heavy (non-hydrogen) atoms. The smallest absolute Gasteiger partial charge is 0.328 e. The molecule has 0 aliphatic rings. The Balaban J connectivity index is 5.03. The number of carboxylic acid groups (broad SMARTS) is 2. The number of carboxylic acids is 2. The van der Waals surface area contributed by atoms with Crippen LogP contribution >= 0.6 is 0 Å². The molecule has 158 valence electrons. The Kier molecular flexibility index (Phi) is 10.1. The van der Waals surface area contributed by atoms with E-state index in [-0.39, 0.29) is 0 Å². The molecule has 0 saturated heterocycles. The van der Waals surface area contributed by atoms with Crippen LogP contribution in [0.3, 0.4) is 0 Å². The molecule has 0 spiro atoms. The van der Waals surface area contributed by atoms with Gasteiger partial charge in [-0.25, -0.2) is 4.79 Å². The van der Waals surface area contributed by atoms with E-state index < -0.39 is 79.2 Å². The Hall–Kier alpha value is -3.26. The van der Waals surface area contributed by atoms with Crippen LogP contribution in [-0.2, 0) is 28.8 Å². The number of aliphatic hydroxyl groups excluding tert-OH is 1. The monoisotopic (exact) mass is 405 g/mol. The summed E-state index contributed by atoms with van der Waals surface area (Å²) in [6, 6.07) is -5.97. The molecule has 0 bridgehead atoms. The maximum absolute atomic E-state index is 12.2. The fourth-order valence-corrected chi connectivity index (χ4v) is 1.83. The second-order valence-electron chi connectivity index (χ2n) is 5.75. The van der Waals surface area contributed by atoms with E-state index in [9.17, 15) is 28.8 Å². The SMILES string of the molecule is CC(NC(=O)C(CC(=O)O)NC(=O)C(N)CC(N)=O)C(=O)NC(CO)C(=O)O. The van der Waals surface area contributed by atoms with Crippen molar-refractivity contribution >= 4 is 35.6 Å². The zero-order valence-electron chi connectivity index (χ0n) is 14.9. The van der Waals surface area contributed by atoms with Crippen LogP contribution in [0.4, 0.5) is 0 Å². The number of nitrogens with two attached hydrogens (primary N) is 2. The summed E-state index contributed by atoms with van der Waals surface area (Å²) < 4.78 is 0. The number of hydrogen-bond acceptors (Lipinski definition) is 8. The molecule has 4 atom stereocenters. The maximum Gasteiger partial charge on any atom is 0.328 e. The van der Waals surface area contributed by atoms with Crippen molar-refractivity contribution in [1.82, 2.24) is 16.0 Å². The summed E-state index contributed by atoms with van der Waals surface area (Å²) in [5.41, 5.74) is 10.3. The van der Waals surface area contributed by atoms with E-state index in [1.165, 1.54) is 6.92 Å². The molecular formula is C14H23N5O9. The molecule has 0 aromatic heterocycles. The van der Waals surface area contributed by atoms with Crippen LogP contribution in [0.25, 0.3) is 0 Å². The standard InChI is InChI=1S/C14H23N5O9/c1-5(11(24)19-8(4-20)14(27)28)17-13(26)7(3-10(22)23)18-12(25)6(15)2-9(16)21/h5-8,20H,2-4,15H2,1H3,(H2,16,21)(H,17,26)(H,18,25)(H,19,24)(H,22,23)(H,27,28). The quantitative estimate of drug-likeness (QED) is 0.154. The summed E-state index contributed by atoms with van der Waals surface area (Å²) in [6.07, 6.45) is -1.40. The molecule has 4 amide bonds. The average molecular weight is 405 g/mol. The lowest BCUT2D eigenvalue weighted by atomic mass is 10.1. The molecule has 0 fully saturated rings. The molecule has 0 aliphatic carbocycles. The van der Waals surface area contributed by atoms with E-state index in [0.29, 0.717) is 0 Å². The van der Waals surface area contributed by atoms with Crippen molar-refractivity contribution in [3.8, 4) is 0 Å². The van der Waals surface area contributed by atoms with E-state index in [1.54, 1.807) is 0 Å². The molecule has 0 saturated carbocycles.